The van der Waals surface area contributed by atoms with E-state index in [1.165, 1.54) is 4.90 Å². The minimum atomic E-state index is -0.880. The Morgan fingerprint density at radius 2 is 2.28 bits per heavy atom. The molecule has 1 saturated heterocycles. The zero-order valence-corrected chi connectivity index (χ0v) is 9.51. The van der Waals surface area contributed by atoms with E-state index in [-0.39, 0.29) is 17.3 Å². The molecule has 1 aliphatic rings. The molecule has 1 aromatic carbocycles. The fourth-order valence-electron chi connectivity index (χ4n) is 1.93. The Kier molecular flexibility index (Phi) is 3.24. The number of nitrogens with zero attached hydrogens (tertiary/aromatic N) is 2. The van der Waals surface area contributed by atoms with Crippen molar-refractivity contribution in [1.82, 2.24) is 4.90 Å². The zero-order valence-electron chi connectivity index (χ0n) is 9.51. The maximum Gasteiger partial charge on any atom is 0.272 e. The first-order valence-electron chi connectivity index (χ1n) is 5.48. The molecular formula is C11H12FN3O3. The molecule has 2 N–H and O–H groups in total. The van der Waals surface area contributed by atoms with Crippen LogP contribution in [-0.4, -0.2) is 34.9 Å². The van der Waals surface area contributed by atoms with Gasteiger partial charge in [-0.1, -0.05) is 0 Å². The van der Waals surface area contributed by atoms with Crippen LogP contribution >= 0.6 is 0 Å². The molecule has 1 amide bonds. The van der Waals surface area contributed by atoms with Gasteiger partial charge in [-0.3, -0.25) is 14.9 Å². The van der Waals surface area contributed by atoms with Gasteiger partial charge in [0.05, 0.1) is 16.6 Å². The summed E-state index contributed by atoms with van der Waals surface area (Å²) in [6.45, 7) is 0.867. The van der Waals surface area contributed by atoms with Crippen LogP contribution in [0.2, 0.25) is 0 Å². The number of nitrogens with two attached hydrogens (primary N) is 1. The molecule has 0 unspecified atom stereocenters. The lowest BCUT2D eigenvalue weighted by molar-refractivity contribution is -0.385. The molecule has 0 aliphatic carbocycles. The first-order valence-corrected chi connectivity index (χ1v) is 5.48. The number of amides is 1. The van der Waals surface area contributed by atoms with Gasteiger partial charge in [0.15, 0.2) is 0 Å². The van der Waals surface area contributed by atoms with Gasteiger partial charge < -0.3 is 10.6 Å². The Balaban J connectivity index is 2.23. The molecule has 1 aliphatic heterocycles. The van der Waals surface area contributed by atoms with Crippen molar-refractivity contribution in [3.05, 3.63) is 39.7 Å². The van der Waals surface area contributed by atoms with Gasteiger partial charge in [0.2, 0.25) is 0 Å². The molecule has 0 radical (unpaired) electrons. The van der Waals surface area contributed by atoms with Crippen molar-refractivity contribution in [3.63, 3.8) is 0 Å². The van der Waals surface area contributed by atoms with Crippen molar-refractivity contribution >= 4 is 11.6 Å². The number of carbonyl (C=O) groups excluding carboxylic acids is 1. The van der Waals surface area contributed by atoms with Crippen LogP contribution < -0.4 is 5.73 Å². The SMILES string of the molecule is N[C@H]1CCN(C(=O)c2ccc([N+](=O)[O-])cc2F)C1. The van der Waals surface area contributed by atoms with Gasteiger partial charge in [0, 0.05) is 25.2 Å². The standard InChI is InChI=1S/C11H12FN3O3/c12-10-5-8(15(17)18)1-2-9(10)11(16)14-4-3-7(13)6-14/h1-2,5,7H,3-4,6,13H2/t7-/m0/s1. The number of hydrogen-bond donors (Lipinski definition) is 1. The molecule has 18 heavy (non-hydrogen) atoms. The Morgan fingerprint density at radius 3 is 2.78 bits per heavy atom. The quantitative estimate of drug-likeness (QED) is 0.626. The van der Waals surface area contributed by atoms with Crippen molar-refractivity contribution in [3.8, 4) is 0 Å². The molecule has 0 bridgehead atoms. The number of hydrogen-bond acceptors (Lipinski definition) is 4. The van der Waals surface area contributed by atoms with Gasteiger partial charge in [-0.2, -0.15) is 0 Å². The summed E-state index contributed by atoms with van der Waals surface area (Å²) < 4.78 is 13.6. The number of likely N-dealkylation sites (tertiary alicyclic amines) is 1. The Hall–Kier alpha value is -2.02. The summed E-state index contributed by atoms with van der Waals surface area (Å²) in [6.07, 6.45) is 0.681. The van der Waals surface area contributed by atoms with E-state index < -0.39 is 16.6 Å². The van der Waals surface area contributed by atoms with Crippen molar-refractivity contribution in [2.24, 2.45) is 5.73 Å². The summed E-state index contributed by atoms with van der Waals surface area (Å²) in [7, 11) is 0. The molecule has 1 fully saturated rings. The van der Waals surface area contributed by atoms with E-state index in [0.29, 0.717) is 19.5 Å². The molecule has 1 atom stereocenters. The predicted molar refractivity (Wildman–Crippen MR) is 61.6 cm³/mol. The summed E-state index contributed by atoms with van der Waals surface area (Å²) in [4.78, 5) is 23.2. The van der Waals surface area contributed by atoms with Crippen LogP contribution in [-0.2, 0) is 0 Å². The lowest BCUT2D eigenvalue weighted by Crippen LogP contribution is -2.32. The average molecular weight is 253 g/mol. The molecule has 2 rings (SSSR count). The maximum atomic E-state index is 13.6. The third-order valence-corrected chi connectivity index (χ3v) is 2.91. The van der Waals surface area contributed by atoms with E-state index >= 15 is 0 Å². The van der Waals surface area contributed by atoms with Crippen LogP contribution in [0.4, 0.5) is 10.1 Å². The van der Waals surface area contributed by atoms with Crippen molar-refractivity contribution in [1.29, 1.82) is 0 Å². The minimum Gasteiger partial charge on any atom is -0.337 e. The van der Waals surface area contributed by atoms with Crippen molar-refractivity contribution in [2.75, 3.05) is 13.1 Å². The summed E-state index contributed by atoms with van der Waals surface area (Å²) in [5.74, 6) is -1.36. The van der Waals surface area contributed by atoms with Gasteiger partial charge in [0.1, 0.15) is 5.82 Å². The normalized spacial score (nSPS) is 19.0. The summed E-state index contributed by atoms with van der Waals surface area (Å²) in [5.41, 5.74) is 5.14. The predicted octanol–water partition coefficient (Wildman–Crippen LogP) is 0.907. The minimum absolute atomic E-state index is 0.0879. The molecule has 1 aromatic rings. The third-order valence-electron chi connectivity index (χ3n) is 2.91. The number of non-ortho nitro benzene ring substituents is 1. The summed E-state index contributed by atoms with van der Waals surface area (Å²) in [5, 5.41) is 10.5. The Morgan fingerprint density at radius 1 is 1.56 bits per heavy atom. The fraction of sp³-hybridized carbons (Fsp3) is 0.364. The second-order valence-electron chi connectivity index (χ2n) is 4.22. The smallest absolute Gasteiger partial charge is 0.272 e. The molecular weight excluding hydrogens is 241 g/mol. The molecule has 0 spiro atoms. The number of nitro benzene ring substituents is 1. The van der Waals surface area contributed by atoms with Crippen molar-refractivity contribution < 1.29 is 14.1 Å². The van der Waals surface area contributed by atoms with Gasteiger partial charge in [-0.15, -0.1) is 0 Å². The number of benzene rings is 1. The molecule has 96 valence electrons. The second-order valence-corrected chi connectivity index (χ2v) is 4.22. The monoisotopic (exact) mass is 253 g/mol. The number of rotatable bonds is 2. The molecule has 0 saturated carbocycles. The summed E-state index contributed by atoms with van der Waals surface area (Å²) in [6, 6.07) is 2.92. The highest BCUT2D eigenvalue weighted by Crippen LogP contribution is 2.19. The Bertz CT molecular complexity index is 506. The van der Waals surface area contributed by atoms with Crippen LogP contribution in [0.25, 0.3) is 0 Å². The second kappa shape index (κ2) is 4.69. The Labute approximate surface area is 102 Å². The van der Waals surface area contributed by atoms with Gasteiger partial charge in [0.25, 0.3) is 11.6 Å². The van der Waals surface area contributed by atoms with Crippen LogP contribution in [0, 0.1) is 15.9 Å². The van der Waals surface area contributed by atoms with Gasteiger partial charge >= 0.3 is 0 Å². The third kappa shape index (κ3) is 2.30. The number of nitro groups is 1. The van der Waals surface area contributed by atoms with Crippen LogP contribution in [0.3, 0.4) is 0 Å². The van der Waals surface area contributed by atoms with E-state index in [1.807, 2.05) is 0 Å². The van der Waals surface area contributed by atoms with Gasteiger partial charge in [-0.25, -0.2) is 4.39 Å². The number of carbonyl (C=O) groups is 1. The molecule has 1 heterocycles. The lowest BCUT2D eigenvalue weighted by Gasteiger charge is -2.15. The van der Waals surface area contributed by atoms with E-state index in [2.05, 4.69) is 0 Å². The molecule has 0 aromatic heterocycles. The van der Waals surface area contributed by atoms with E-state index in [4.69, 9.17) is 5.73 Å². The number of halogens is 1. The highest BCUT2D eigenvalue weighted by atomic mass is 19.1. The largest absolute Gasteiger partial charge is 0.337 e. The van der Waals surface area contributed by atoms with E-state index in [9.17, 15) is 19.3 Å². The zero-order chi connectivity index (χ0) is 13.3. The van der Waals surface area contributed by atoms with Crippen LogP contribution in [0.5, 0.6) is 0 Å². The molecule has 7 heteroatoms. The van der Waals surface area contributed by atoms with E-state index in [1.54, 1.807) is 0 Å². The maximum absolute atomic E-state index is 13.6. The van der Waals surface area contributed by atoms with Crippen LogP contribution in [0.15, 0.2) is 18.2 Å². The first-order chi connectivity index (χ1) is 8.49. The highest BCUT2D eigenvalue weighted by Gasteiger charge is 2.27. The average Bonchev–Trinajstić information content (AvgIpc) is 2.74. The summed E-state index contributed by atoms with van der Waals surface area (Å²) >= 11 is 0. The van der Waals surface area contributed by atoms with Crippen LogP contribution in [0.1, 0.15) is 16.8 Å². The lowest BCUT2D eigenvalue weighted by atomic mass is 10.1. The molecule has 6 nitrogen and oxygen atoms in total. The fourth-order valence-corrected chi connectivity index (χ4v) is 1.93. The first kappa shape index (κ1) is 12.4. The van der Waals surface area contributed by atoms with E-state index in [0.717, 1.165) is 18.2 Å². The van der Waals surface area contributed by atoms with Crippen molar-refractivity contribution in [2.45, 2.75) is 12.5 Å². The highest BCUT2D eigenvalue weighted by molar-refractivity contribution is 5.95. The van der Waals surface area contributed by atoms with Gasteiger partial charge in [-0.05, 0) is 12.5 Å². The topological polar surface area (TPSA) is 89.5 Å².